The second kappa shape index (κ2) is 6.89. The van der Waals surface area contributed by atoms with E-state index in [1.54, 1.807) is 34.9 Å². The molecule has 3 rings (SSSR count). The molecule has 3 aromatic rings. The van der Waals surface area contributed by atoms with Crippen molar-refractivity contribution in [2.24, 2.45) is 0 Å². The van der Waals surface area contributed by atoms with Crippen LogP contribution >= 0.6 is 0 Å². The Kier molecular flexibility index (Phi) is 4.65. The van der Waals surface area contributed by atoms with E-state index in [4.69, 9.17) is 5.11 Å². The van der Waals surface area contributed by atoms with Crippen LogP contribution < -0.4 is 5.56 Å². The van der Waals surface area contributed by atoms with Gasteiger partial charge in [-0.05, 0) is 42.7 Å². The summed E-state index contributed by atoms with van der Waals surface area (Å²) < 4.78 is 1.73. The quantitative estimate of drug-likeness (QED) is 0.776. The van der Waals surface area contributed by atoms with Gasteiger partial charge in [-0.2, -0.15) is 0 Å². The molecular formula is C20H20N2O3. The lowest BCUT2D eigenvalue weighted by Gasteiger charge is -2.14. The molecule has 5 heteroatoms. The number of rotatable bonds is 5. The number of carboxylic acids is 1. The number of hydrogen-bond acceptors (Lipinski definition) is 3. The van der Waals surface area contributed by atoms with E-state index in [1.807, 2.05) is 19.1 Å². The zero-order chi connectivity index (χ0) is 18.0. The molecule has 0 spiro atoms. The number of aromatic nitrogens is 2. The topological polar surface area (TPSA) is 72.2 Å². The van der Waals surface area contributed by atoms with Crippen molar-refractivity contribution in [3.05, 3.63) is 75.3 Å². The maximum absolute atomic E-state index is 12.5. The van der Waals surface area contributed by atoms with Gasteiger partial charge in [0.25, 0.3) is 5.56 Å². The summed E-state index contributed by atoms with van der Waals surface area (Å²) in [6.07, 6.45) is 1.61. The summed E-state index contributed by atoms with van der Waals surface area (Å²) in [5.74, 6) is -0.958. The second-order valence-corrected chi connectivity index (χ2v) is 5.96. The zero-order valence-electron chi connectivity index (χ0n) is 14.3. The molecule has 0 bridgehead atoms. The van der Waals surface area contributed by atoms with Crippen molar-refractivity contribution in [1.29, 1.82) is 0 Å². The first-order valence-corrected chi connectivity index (χ1v) is 8.38. The van der Waals surface area contributed by atoms with Gasteiger partial charge in [0.2, 0.25) is 0 Å². The van der Waals surface area contributed by atoms with Crippen molar-refractivity contribution in [3.8, 4) is 0 Å². The summed E-state index contributed by atoms with van der Waals surface area (Å²) in [7, 11) is 0. The fourth-order valence-corrected chi connectivity index (χ4v) is 2.97. The molecule has 0 saturated heterocycles. The minimum absolute atomic E-state index is 0.0786. The highest BCUT2D eigenvalue weighted by molar-refractivity contribution is 5.87. The molecule has 0 radical (unpaired) electrons. The molecule has 0 aliphatic heterocycles. The number of hydrogen-bond donors (Lipinski definition) is 1. The van der Waals surface area contributed by atoms with Crippen molar-refractivity contribution in [1.82, 2.24) is 9.55 Å². The van der Waals surface area contributed by atoms with Crippen molar-refractivity contribution >= 4 is 16.9 Å². The minimum Gasteiger partial charge on any atom is -0.478 e. The van der Waals surface area contributed by atoms with Crippen LogP contribution in [0.2, 0.25) is 0 Å². The number of aryl methyl sites for hydroxylation is 2. The van der Waals surface area contributed by atoms with Gasteiger partial charge in [-0.25, -0.2) is 4.79 Å². The van der Waals surface area contributed by atoms with Crippen LogP contribution in [0.15, 0.2) is 47.3 Å². The Morgan fingerprint density at radius 2 is 1.80 bits per heavy atom. The van der Waals surface area contributed by atoms with Gasteiger partial charge in [0.1, 0.15) is 0 Å². The minimum atomic E-state index is -0.958. The molecule has 0 saturated carbocycles. The largest absolute Gasteiger partial charge is 0.478 e. The molecule has 0 aliphatic carbocycles. The first kappa shape index (κ1) is 16.9. The van der Waals surface area contributed by atoms with Crippen LogP contribution in [-0.2, 0) is 19.4 Å². The number of benzene rings is 1. The van der Waals surface area contributed by atoms with Gasteiger partial charge in [-0.3, -0.25) is 9.78 Å². The third-order valence-electron chi connectivity index (χ3n) is 4.36. The summed E-state index contributed by atoms with van der Waals surface area (Å²) in [6.45, 7) is 4.50. The number of carbonyl (C=O) groups is 1. The fourth-order valence-electron chi connectivity index (χ4n) is 2.97. The molecular weight excluding hydrogens is 316 g/mol. The Bertz CT molecular complexity index is 988. The van der Waals surface area contributed by atoms with Gasteiger partial charge in [0, 0.05) is 22.8 Å². The standard InChI is InChI=1S/C20H20N2O3/c1-3-15-11-18-16(17(4-2)21-15)9-10-19(23)22(18)12-13-5-7-14(8-6-13)20(24)25/h5-11H,3-4,12H2,1-2H3,(H,24,25). The maximum Gasteiger partial charge on any atom is 0.335 e. The summed E-state index contributed by atoms with van der Waals surface area (Å²) >= 11 is 0. The predicted molar refractivity (Wildman–Crippen MR) is 97.3 cm³/mol. The van der Waals surface area contributed by atoms with Crippen LogP contribution in [-0.4, -0.2) is 20.6 Å². The maximum atomic E-state index is 12.5. The third-order valence-corrected chi connectivity index (χ3v) is 4.36. The predicted octanol–water partition coefficient (Wildman–Crippen LogP) is 3.27. The van der Waals surface area contributed by atoms with E-state index in [0.29, 0.717) is 6.54 Å². The van der Waals surface area contributed by atoms with E-state index in [-0.39, 0.29) is 11.1 Å². The molecule has 0 atom stereocenters. The van der Waals surface area contributed by atoms with Gasteiger partial charge in [0.05, 0.1) is 17.6 Å². The number of carboxylic acid groups (broad SMARTS) is 1. The van der Waals surface area contributed by atoms with Gasteiger partial charge in [0.15, 0.2) is 0 Å². The molecule has 2 heterocycles. The average Bonchev–Trinajstić information content (AvgIpc) is 2.63. The lowest BCUT2D eigenvalue weighted by Crippen LogP contribution is -2.20. The Hall–Kier alpha value is -2.95. The van der Waals surface area contributed by atoms with Crippen molar-refractivity contribution in [3.63, 3.8) is 0 Å². The number of fused-ring (bicyclic) bond motifs is 1. The number of pyridine rings is 2. The third kappa shape index (κ3) is 3.31. The highest BCUT2D eigenvalue weighted by Gasteiger charge is 2.10. The number of nitrogens with zero attached hydrogens (tertiary/aromatic N) is 2. The van der Waals surface area contributed by atoms with E-state index in [1.165, 1.54) is 0 Å². The molecule has 1 N–H and O–H groups in total. The smallest absolute Gasteiger partial charge is 0.335 e. The molecule has 0 unspecified atom stereocenters. The summed E-state index contributed by atoms with van der Waals surface area (Å²) in [5, 5.41) is 9.99. The van der Waals surface area contributed by atoms with Gasteiger partial charge in [-0.1, -0.05) is 26.0 Å². The summed E-state index contributed by atoms with van der Waals surface area (Å²) in [5.41, 5.74) is 3.87. The van der Waals surface area contributed by atoms with Crippen LogP contribution in [0.1, 0.15) is 41.2 Å². The van der Waals surface area contributed by atoms with E-state index in [0.717, 1.165) is 40.7 Å². The Morgan fingerprint density at radius 1 is 1.08 bits per heavy atom. The first-order chi connectivity index (χ1) is 12.0. The van der Waals surface area contributed by atoms with E-state index < -0.39 is 5.97 Å². The summed E-state index contributed by atoms with van der Waals surface area (Å²) in [6, 6.07) is 12.0. The highest BCUT2D eigenvalue weighted by Crippen LogP contribution is 2.19. The number of aromatic carboxylic acids is 1. The molecule has 5 nitrogen and oxygen atoms in total. The summed E-state index contributed by atoms with van der Waals surface area (Å²) in [4.78, 5) is 28.1. The van der Waals surface area contributed by atoms with E-state index in [9.17, 15) is 9.59 Å². The van der Waals surface area contributed by atoms with Crippen LogP contribution in [0.4, 0.5) is 0 Å². The molecule has 0 fully saturated rings. The Balaban J connectivity index is 2.12. The first-order valence-electron chi connectivity index (χ1n) is 8.38. The van der Waals surface area contributed by atoms with Gasteiger partial charge < -0.3 is 9.67 Å². The highest BCUT2D eigenvalue weighted by atomic mass is 16.4. The Labute approximate surface area is 145 Å². The van der Waals surface area contributed by atoms with Crippen molar-refractivity contribution in [2.45, 2.75) is 33.2 Å². The second-order valence-electron chi connectivity index (χ2n) is 5.96. The molecule has 0 amide bonds. The average molecular weight is 336 g/mol. The fraction of sp³-hybridized carbons (Fsp3) is 0.250. The van der Waals surface area contributed by atoms with E-state index >= 15 is 0 Å². The van der Waals surface area contributed by atoms with Crippen molar-refractivity contribution < 1.29 is 9.90 Å². The SMILES string of the molecule is CCc1cc2c(ccc(=O)n2Cc2ccc(C(=O)O)cc2)c(CC)n1. The van der Waals surface area contributed by atoms with Crippen LogP contribution in [0.3, 0.4) is 0 Å². The van der Waals surface area contributed by atoms with Crippen LogP contribution in [0, 0.1) is 0 Å². The van der Waals surface area contributed by atoms with Gasteiger partial charge in [-0.15, -0.1) is 0 Å². The monoisotopic (exact) mass is 336 g/mol. The van der Waals surface area contributed by atoms with E-state index in [2.05, 4.69) is 11.9 Å². The molecule has 25 heavy (non-hydrogen) atoms. The Morgan fingerprint density at radius 3 is 2.40 bits per heavy atom. The molecule has 128 valence electrons. The molecule has 1 aromatic carbocycles. The molecule has 2 aromatic heterocycles. The van der Waals surface area contributed by atoms with Crippen molar-refractivity contribution in [2.75, 3.05) is 0 Å². The lowest BCUT2D eigenvalue weighted by atomic mass is 10.1. The van der Waals surface area contributed by atoms with Crippen LogP contribution in [0.25, 0.3) is 10.9 Å². The zero-order valence-corrected chi connectivity index (χ0v) is 14.3. The van der Waals surface area contributed by atoms with Gasteiger partial charge >= 0.3 is 5.97 Å². The van der Waals surface area contributed by atoms with Crippen LogP contribution in [0.5, 0.6) is 0 Å². The lowest BCUT2D eigenvalue weighted by molar-refractivity contribution is 0.0697. The molecule has 0 aliphatic rings. The normalized spacial score (nSPS) is 11.0.